The summed E-state index contributed by atoms with van der Waals surface area (Å²) < 4.78 is 5.39. The maximum atomic E-state index is 5.39. The molecule has 0 aliphatic heterocycles. The van der Waals surface area contributed by atoms with Gasteiger partial charge < -0.3 is 15.0 Å². The average molecular weight is 272 g/mol. The molecule has 0 fully saturated rings. The summed E-state index contributed by atoms with van der Waals surface area (Å²) in [6, 6.07) is 5.87. The number of imidazole rings is 1. The van der Waals surface area contributed by atoms with Crippen LogP contribution in [-0.4, -0.2) is 30.0 Å². The van der Waals surface area contributed by atoms with Crippen LogP contribution in [0.5, 0.6) is 5.75 Å². The predicted octanol–water partition coefficient (Wildman–Crippen LogP) is 3.05. The van der Waals surface area contributed by atoms with Crippen molar-refractivity contribution in [2.75, 3.05) is 13.7 Å². The predicted molar refractivity (Wildman–Crippen MR) is 81.8 cm³/mol. The second-order valence-electron chi connectivity index (χ2n) is 4.47. The number of methoxy groups -OCH3 is 1. The van der Waals surface area contributed by atoms with Crippen LogP contribution in [0, 0.1) is 6.92 Å². The van der Waals surface area contributed by atoms with Crippen molar-refractivity contribution in [3.05, 3.63) is 30.2 Å². The van der Waals surface area contributed by atoms with Crippen LogP contribution in [0.2, 0.25) is 0 Å². The van der Waals surface area contributed by atoms with E-state index in [1.807, 2.05) is 31.3 Å². The molecular formula is C15H20N4O. The zero-order chi connectivity index (χ0) is 14.4. The summed E-state index contributed by atoms with van der Waals surface area (Å²) in [5.74, 6) is 1.63. The summed E-state index contributed by atoms with van der Waals surface area (Å²) in [5.41, 5.74) is 2.71. The number of H-pyrrole nitrogens is 1. The molecule has 0 saturated heterocycles. The smallest absolute Gasteiger partial charge is 0.145 e. The van der Waals surface area contributed by atoms with Crippen LogP contribution in [0.1, 0.15) is 19.2 Å². The third-order valence-corrected chi connectivity index (χ3v) is 2.87. The lowest BCUT2D eigenvalue weighted by molar-refractivity contribution is 0.416. The summed E-state index contributed by atoms with van der Waals surface area (Å²) in [6.45, 7) is 4.96. The molecule has 0 saturated carbocycles. The van der Waals surface area contributed by atoms with Crippen molar-refractivity contribution in [2.45, 2.75) is 20.3 Å². The molecule has 0 atom stereocenters. The molecule has 1 aromatic carbocycles. The Morgan fingerprint density at radius 3 is 2.95 bits per heavy atom. The van der Waals surface area contributed by atoms with Gasteiger partial charge in [-0.1, -0.05) is 13.0 Å². The van der Waals surface area contributed by atoms with Crippen LogP contribution in [0.4, 0.5) is 5.69 Å². The summed E-state index contributed by atoms with van der Waals surface area (Å²) in [4.78, 5) is 11.9. The summed E-state index contributed by atoms with van der Waals surface area (Å²) in [6.07, 6.45) is 4.66. The number of nitrogens with zero attached hydrogens (tertiary/aromatic N) is 2. The maximum absolute atomic E-state index is 5.39. The molecule has 0 unspecified atom stereocenters. The third-order valence-electron chi connectivity index (χ3n) is 2.87. The van der Waals surface area contributed by atoms with Gasteiger partial charge in [0.1, 0.15) is 17.3 Å². The van der Waals surface area contributed by atoms with Crippen LogP contribution in [0.25, 0.3) is 11.3 Å². The number of benzene rings is 1. The number of ether oxygens (including phenoxy) is 1. The second-order valence-corrected chi connectivity index (χ2v) is 4.47. The molecule has 0 radical (unpaired) electrons. The molecule has 2 rings (SSSR count). The molecule has 1 aromatic heterocycles. The van der Waals surface area contributed by atoms with Crippen molar-refractivity contribution in [1.29, 1.82) is 0 Å². The van der Waals surface area contributed by atoms with Gasteiger partial charge in [0.25, 0.3) is 0 Å². The fourth-order valence-electron chi connectivity index (χ4n) is 1.83. The van der Waals surface area contributed by atoms with Crippen molar-refractivity contribution in [1.82, 2.24) is 15.3 Å². The number of aryl methyl sites for hydroxylation is 1. The summed E-state index contributed by atoms with van der Waals surface area (Å²) in [7, 11) is 1.65. The molecule has 2 N–H and O–H groups in total. The first-order valence-corrected chi connectivity index (χ1v) is 6.71. The Kier molecular flexibility index (Phi) is 4.76. The molecule has 106 valence electrons. The fraction of sp³-hybridized carbons (Fsp3) is 0.333. The van der Waals surface area contributed by atoms with E-state index in [9.17, 15) is 0 Å². The first-order chi connectivity index (χ1) is 9.74. The van der Waals surface area contributed by atoms with Gasteiger partial charge in [0.2, 0.25) is 0 Å². The summed E-state index contributed by atoms with van der Waals surface area (Å²) >= 11 is 0. The normalized spacial score (nSPS) is 10.9. The molecular weight excluding hydrogens is 252 g/mol. The Hall–Kier alpha value is -2.30. The van der Waals surface area contributed by atoms with Gasteiger partial charge >= 0.3 is 0 Å². The molecule has 0 aliphatic carbocycles. The standard InChI is InChI=1S/C15H20N4O/c1-4-7-16-10-18-13-6-5-12(8-15(13)20-3)14-9-17-11(2)19-14/h5-6,8-10H,4,7H2,1-3H3,(H,16,18)(H,17,19). The number of nitrogens with one attached hydrogen (secondary N) is 2. The monoisotopic (exact) mass is 272 g/mol. The molecule has 0 aliphatic rings. The van der Waals surface area contributed by atoms with E-state index in [0.717, 1.165) is 41.5 Å². The highest BCUT2D eigenvalue weighted by molar-refractivity contribution is 5.70. The lowest BCUT2D eigenvalue weighted by Crippen LogP contribution is -2.10. The molecule has 5 heteroatoms. The van der Waals surface area contributed by atoms with E-state index >= 15 is 0 Å². The molecule has 1 heterocycles. The van der Waals surface area contributed by atoms with Gasteiger partial charge in [-0.2, -0.15) is 0 Å². The molecule has 2 aromatic rings. The van der Waals surface area contributed by atoms with Gasteiger partial charge in [0.05, 0.1) is 19.1 Å². The van der Waals surface area contributed by atoms with E-state index in [-0.39, 0.29) is 0 Å². The largest absolute Gasteiger partial charge is 0.494 e. The van der Waals surface area contributed by atoms with Crippen LogP contribution in [0.3, 0.4) is 0 Å². The van der Waals surface area contributed by atoms with E-state index in [1.165, 1.54) is 0 Å². The quantitative estimate of drug-likeness (QED) is 0.482. The van der Waals surface area contributed by atoms with Crippen LogP contribution >= 0.6 is 0 Å². The van der Waals surface area contributed by atoms with Crippen molar-refractivity contribution in [2.24, 2.45) is 4.99 Å². The Morgan fingerprint density at radius 1 is 1.45 bits per heavy atom. The Labute approximate surface area is 119 Å². The lowest BCUT2D eigenvalue weighted by atomic mass is 10.1. The average Bonchev–Trinajstić information content (AvgIpc) is 2.90. The van der Waals surface area contributed by atoms with Crippen LogP contribution in [-0.2, 0) is 0 Å². The van der Waals surface area contributed by atoms with Crippen molar-refractivity contribution < 1.29 is 4.74 Å². The zero-order valence-corrected chi connectivity index (χ0v) is 12.1. The van der Waals surface area contributed by atoms with Gasteiger partial charge in [-0.3, -0.25) is 0 Å². The van der Waals surface area contributed by atoms with Crippen molar-refractivity contribution in [3.8, 4) is 17.0 Å². The minimum absolute atomic E-state index is 0.734. The van der Waals surface area contributed by atoms with E-state index < -0.39 is 0 Å². The topological polar surface area (TPSA) is 62.3 Å². The lowest BCUT2D eigenvalue weighted by Gasteiger charge is -2.06. The Bertz CT molecular complexity index is 589. The van der Waals surface area contributed by atoms with Gasteiger partial charge in [0, 0.05) is 18.3 Å². The van der Waals surface area contributed by atoms with Gasteiger partial charge in [-0.25, -0.2) is 9.98 Å². The SMILES string of the molecule is CCCNC=Nc1ccc(-c2c[nH]c(C)n2)cc1OC. The first kappa shape index (κ1) is 14.1. The molecule has 20 heavy (non-hydrogen) atoms. The van der Waals surface area contributed by atoms with Gasteiger partial charge in [0.15, 0.2) is 0 Å². The highest BCUT2D eigenvalue weighted by Gasteiger charge is 2.07. The minimum Gasteiger partial charge on any atom is -0.494 e. The molecule has 0 spiro atoms. The number of aromatic nitrogens is 2. The highest BCUT2D eigenvalue weighted by atomic mass is 16.5. The number of hydrogen-bond acceptors (Lipinski definition) is 3. The van der Waals surface area contributed by atoms with E-state index in [2.05, 4.69) is 27.2 Å². The molecule has 0 amide bonds. The number of aliphatic imine (C=N–C) groups is 1. The number of aromatic amines is 1. The maximum Gasteiger partial charge on any atom is 0.145 e. The zero-order valence-electron chi connectivity index (χ0n) is 12.1. The van der Waals surface area contributed by atoms with Crippen molar-refractivity contribution >= 4 is 12.0 Å². The van der Waals surface area contributed by atoms with E-state index in [4.69, 9.17) is 4.74 Å². The van der Waals surface area contributed by atoms with E-state index in [0.29, 0.717) is 0 Å². The van der Waals surface area contributed by atoms with Gasteiger partial charge in [-0.15, -0.1) is 0 Å². The minimum atomic E-state index is 0.734. The Morgan fingerprint density at radius 2 is 2.30 bits per heavy atom. The van der Waals surface area contributed by atoms with Crippen LogP contribution in [0.15, 0.2) is 29.4 Å². The fourth-order valence-corrected chi connectivity index (χ4v) is 1.83. The van der Waals surface area contributed by atoms with Crippen LogP contribution < -0.4 is 10.1 Å². The number of rotatable bonds is 6. The summed E-state index contributed by atoms with van der Waals surface area (Å²) in [5, 5.41) is 3.12. The molecule has 5 nitrogen and oxygen atoms in total. The van der Waals surface area contributed by atoms with Crippen molar-refractivity contribution in [3.63, 3.8) is 0 Å². The van der Waals surface area contributed by atoms with E-state index in [1.54, 1.807) is 13.4 Å². The first-order valence-electron chi connectivity index (χ1n) is 6.71. The Balaban J connectivity index is 2.21. The third kappa shape index (κ3) is 3.38. The highest BCUT2D eigenvalue weighted by Crippen LogP contribution is 2.31. The second kappa shape index (κ2) is 6.75. The number of hydrogen-bond donors (Lipinski definition) is 2. The molecule has 0 bridgehead atoms. The van der Waals surface area contributed by atoms with Gasteiger partial charge in [-0.05, 0) is 25.5 Å².